The van der Waals surface area contributed by atoms with Gasteiger partial charge in [0.15, 0.2) is 0 Å². The van der Waals surface area contributed by atoms with Gasteiger partial charge in [0, 0.05) is 12.8 Å². The van der Waals surface area contributed by atoms with Gasteiger partial charge in [-0.3, -0.25) is 9.59 Å². The normalized spacial score (nSPS) is 25.6. The highest BCUT2D eigenvalue weighted by atomic mass is 16.4. The number of aliphatic carboxylic acids is 1. The number of hydrogen-bond acceptors (Lipinski definition) is 2. The van der Waals surface area contributed by atoms with E-state index in [2.05, 4.69) is 13.8 Å². The Morgan fingerprint density at radius 2 is 2.00 bits per heavy atom. The minimum atomic E-state index is -0.808. The molecule has 1 N–H and O–H groups in total. The van der Waals surface area contributed by atoms with Crippen molar-refractivity contribution in [3.8, 4) is 0 Å². The number of ketones is 1. The average molecular weight is 268 g/mol. The Labute approximate surface area is 116 Å². The molecule has 1 aliphatic rings. The van der Waals surface area contributed by atoms with Crippen LogP contribution in [0.15, 0.2) is 0 Å². The zero-order valence-electron chi connectivity index (χ0n) is 12.7. The van der Waals surface area contributed by atoms with Crippen molar-refractivity contribution in [2.75, 3.05) is 0 Å². The van der Waals surface area contributed by atoms with Gasteiger partial charge in [0.25, 0.3) is 0 Å². The molecular weight excluding hydrogens is 240 g/mol. The molecule has 110 valence electrons. The predicted octanol–water partition coefficient (Wildman–Crippen LogP) is 3.91. The van der Waals surface area contributed by atoms with Gasteiger partial charge in [-0.1, -0.05) is 40.5 Å². The van der Waals surface area contributed by atoms with E-state index >= 15 is 0 Å². The van der Waals surface area contributed by atoms with Crippen LogP contribution in [0.2, 0.25) is 0 Å². The molecule has 3 nitrogen and oxygen atoms in total. The highest BCUT2D eigenvalue weighted by Gasteiger charge is 2.37. The van der Waals surface area contributed by atoms with E-state index in [1.807, 2.05) is 6.92 Å². The molecule has 0 aromatic carbocycles. The molecule has 3 unspecified atom stereocenters. The van der Waals surface area contributed by atoms with Gasteiger partial charge in [-0.2, -0.15) is 0 Å². The standard InChI is InChI=1S/C16H28O3/c1-5-13(17)9-14(15(18)19)11(2)12-7-6-8-16(3,4)10-12/h11-12,14H,5-10H2,1-4H3,(H,18,19). The van der Waals surface area contributed by atoms with Crippen LogP contribution in [0.1, 0.15) is 66.2 Å². The Balaban J connectivity index is 2.73. The lowest BCUT2D eigenvalue weighted by molar-refractivity contribution is -0.147. The van der Waals surface area contributed by atoms with Crippen molar-refractivity contribution in [2.24, 2.45) is 23.2 Å². The second-order valence-corrected chi connectivity index (χ2v) is 6.92. The third-order valence-corrected chi connectivity index (χ3v) is 4.78. The molecule has 1 aliphatic carbocycles. The molecule has 1 rings (SSSR count). The van der Waals surface area contributed by atoms with Crippen LogP contribution < -0.4 is 0 Å². The van der Waals surface area contributed by atoms with Crippen LogP contribution in [-0.2, 0) is 9.59 Å². The summed E-state index contributed by atoms with van der Waals surface area (Å²) in [5.74, 6) is -0.722. The molecule has 0 spiro atoms. The van der Waals surface area contributed by atoms with Crippen LogP contribution in [0, 0.1) is 23.2 Å². The van der Waals surface area contributed by atoms with E-state index in [0.717, 1.165) is 12.8 Å². The maximum Gasteiger partial charge on any atom is 0.307 e. The van der Waals surface area contributed by atoms with Gasteiger partial charge >= 0.3 is 5.97 Å². The summed E-state index contributed by atoms with van der Waals surface area (Å²) in [5.41, 5.74) is 0.314. The number of carbonyl (C=O) groups excluding carboxylic acids is 1. The first-order chi connectivity index (χ1) is 8.76. The summed E-state index contributed by atoms with van der Waals surface area (Å²) < 4.78 is 0. The Morgan fingerprint density at radius 1 is 1.37 bits per heavy atom. The molecule has 1 fully saturated rings. The summed E-state index contributed by atoms with van der Waals surface area (Å²) in [6.07, 6.45) is 5.22. The zero-order valence-corrected chi connectivity index (χ0v) is 12.7. The highest BCUT2D eigenvalue weighted by Crippen LogP contribution is 2.43. The molecular formula is C16H28O3. The summed E-state index contributed by atoms with van der Waals surface area (Å²) in [5, 5.41) is 9.40. The molecule has 0 saturated heterocycles. The van der Waals surface area contributed by atoms with E-state index in [1.54, 1.807) is 6.92 Å². The number of carboxylic acids is 1. The molecule has 19 heavy (non-hydrogen) atoms. The molecule has 0 amide bonds. The fourth-order valence-corrected chi connectivity index (χ4v) is 3.42. The molecule has 0 radical (unpaired) electrons. The largest absolute Gasteiger partial charge is 0.481 e. The molecule has 0 heterocycles. The Morgan fingerprint density at radius 3 is 2.47 bits per heavy atom. The van der Waals surface area contributed by atoms with Crippen LogP contribution in [0.3, 0.4) is 0 Å². The van der Waals surface area contributed by atoms with Crippen molar-refractivity contribution >= 4 is 11.8 Å². The summed E-state index contributed by atoms with van der Waals surface area (Å²) >= 11 is 0. The Hall–Kier alpha value is -0.860. The number of carboxylic acid groups (broad SMARTS) is 1. The van der Waals surface area contributed by atoms with Crippen molar-refractivity contribution in [2.45, 2.75) is 66.2 Å². The van der Waals surface area contributed by atoms with Gasteiger partial charge in [-0.05, 0) is 30.1 Å². The van der Waals surface area contributed by atoms with Gasteiger partial charge < -0.3 is 5.11 Å². The lowest BCUT2D eigenvalue weighted by Gasteiger charge is -2.39. The molecule has 0 bridgehead atoms. The molecule has 0 aliphatic heterocycles. The maximum absolute atomic E-state index is 11.6. The van der Waals surface area contributed by atoms with Crippen molar-refractivity contribution in [1.82, 2.24) is 0 Å². The zero-order chi connectivity index (χ0) is 14.6. The predicted molar refractivity (Wildman–Crippen MR) is 75.9 cm³/mol. The van der Waals surface area contributed by atoms with Gasteiger partial charge in [0.2, 0.25) is 0 Å². The highest BCUT2D eigenvalue weighted by molar-refractivity contribution is 5.83. The van der Waals surface area contributed by atoms with Gasteiger partial charge in [0.05, 0.1) is 5.92 Å². The van der Waals surface area contributed by atoms with E-state index in [9.17, 15) is 14.7 Å². The lowest BCUT2D eigenvalue weighted by Crippen LogP contribution is -2.34. The van der Waals surface area contributed by atoms with Crippen molar-refractivity contribution < 1.29 is 14.7 Å². The summed E-state index contributed by atoms with van der Waals surface area (Å²) in [6, 6.07) is 0. The average Bonchev–Trinajstić information content (AvgIpc) is 2.33. The SMILES string of the molecule is CCC(=O)CC(C(=O)O)C(C)C1CCCC(C)(C)C1. The summed E-state index contributed by atoms with van der Waals surface area (Å²) in [6.45, 7) is 8.35. The first-order valence-electron chi connectivity index (χ1n) is 7.51. The van der Waals surface area contributed by atoms with Crippen LogP contribution in [-0.4, -0.2) is 16.9 Å². The van der Waals surface area contributed by atoms with Crippen LogP contribution in [0.5, 0.6) is 0 Å². The van der Waals surface area contributed by atoms with Gasteiger partial charge in [-0.25, -0.2) is 0 Å². The Kier molecular flexibility index (Phi) is 5.57. The van der Waals surface area contributed by atoms with Gasteiger partial charge in [-0.15, -0.1) is 0 Å². The van der Waals surface area contributed by atoms with Crippen LogP contribution in [0.4, 0.5) is 0 Å². The van der Waals surface area contributed by atoms with E-state index in [0.29, 0.717) is 17.8 Å². The summed E-state index contributed by atoms with van der Waals surface area (Å²) in [4.78, 5) is 23.0. The number of carbonyl (C=O) groups is 2. The first kappa shape index (κ1) is 16.2. The van der Waals surface area contributed by atoms with Crippen LogP contribution >= 0.6 is 0 Å². The van der Waals surface area contributed by atoms with Crippen molar-refractivity contribution in [3.63, 3.8) is 0 Å². The first-order valence-corrected chi connectivity index (χ1v) is 7.51. The third kappa shape index (κ3) is 4.63. The molecule has 0 aromatic heterocycles. The summed E-state index contributed by atoms with van der Waals surface area (Å²) in [7, 11) is 0. The Bertz CT molecular complexity index is 333. The number of hydrogen-bond donors (Lipinski definition) is 1. The lowest BCUT2D eigenvalue weighted by atomic mass is 9.65. The maximum atomic E-state index is 11.6. The number of rotatable bonds is 6. The second-order valence-electron chi connectivity index (χ2n) is 6.92. The molecule has 3 atom stereocenters. The monoisotopic (exact) mass is 268 g/mol. The smallest absolute Gasteiger partial charge is 0.307 e. The van der Waals surface area contributed by atoms with Crippen molar-refractivity contribution in [3.05, 3.63) is 0 Å². The minimum absolute atomic E-state index is 0.0642. The molecule has 0 aromatic rings. The topological polar surface area (TPSA) is 54.4 Å². The molecule has 1 saturated carbocycles. The van der Waals surface area contributed by atoms with E-state index in [1.165, 1.54) is 12.8 Å². The minimum Gasteiger partial charge on any atom is -0.481 e. The van der Waals surface area contributed by atoms with E-state index in [4.69, 9.17) is 0 Å². The van der Waals surface area contributed by atoms with Crippen LogP contribution in [0.25, 0.3) is 0 Å². The van der Waals surface area contributed by atoms with E-state index in [-0.39, 0.29) is 18.1 Å². The second kappa shape index (κ2) is 6.53. The third-order valence-electron chi connectivity index (χ3n) is 4.78. The van der Waals surface area contributed by atoms with Gasteiger partial charge in [0.1, 0.15) is 5.78 Å². The molecule has 3 heteroatoms. The fraction of sp³-hybridized carbons (Fsp3) is 0.875. The quantitative estimate of drug-likeness (QED) is 0.794. The van der Waals surface area contributed by atoms with Crippen molar-refractivity contribution in [1.29, 1.82) is 0 Å². The number of Topliss-reactive ketones (excluding diaryl/α,β-unsaturated/α-hetero) is 1. The van der Waals surface area contributed by atoms with E-state index < -0.39 is 11.9 Å². The fourth-order valence-electron chi connectivity index (χ4n) is 3.42.